The van der Waals surface area contributed by atoms with E-state index in [2.05, 4.69) is 24.5 Å². The van der Waals surface area contributed by atoms with Crippen molar-refractivity contribution in [3.8, 4) is 5.75 Å². The van der Waals surface area contributed by atoms with Crippen LogP contribution in [0.3, 0.4) is 0 Å². The smallest absolute Gasteiger partial charge is 0.260 e. The highest BCUT2D eigenvalue weighted by molar-refractivity contribution is 5.80. The quantitative estimate of drug-likeness (QED) is 0.793. The molecule has 0 saturated carbocycles. The Kier molecular flexibility index (Phi) is 6.36. The summed E-state index contributed by atoms with van der Waals surface area (Å²) in [6.07, 6.45) is -0.478. The van der Waals surface area contributed by atoms with Crippen LogP contribution in [-0.2, 0) is 11.3 Å². The van der Waals surface area contributed by atoms with Crippen molar-refractivity contribution in [3.05, 3.63) is 29.8 Å². The van der Waals surface area contributed by atoms with Crippen molar-refractivity contribution < 1.29 is 9.53 Å². The zero-order valence-corrected chi connectivity index (χ0v) is 12.2. The molecule has 0 saturated heterocycles. The summed E-state index contributed by atoms with van der Waals surface area (Å²) in [6, 6.07) is 8.26. The SMILES string of the molecule is CCNC(=O)C(C)Oc1cccc(CNC(C)C)c1. The summed E-state index contributed by atoms with van der Waals surface area (Å²) in [5, 5.41) is 6.09. The van der Waals surface area contributed by atoms with Gasteiger partial charge in [0, 0.05) is 19.1 Å². The first kappa shape index (κ1) is 15.5. The van der Waals surface area contributed by atoms with Crippen LogP contribution in [0.2, 0.25) is 0 Å². The molecule has 0 spiro atoms. The van der Waals surface area contributed by atoms with Crippen molar-refractivity contribution in [2.24, 2.45) is 0 Å². The maximum absolute atomic E-state index is 11.6. The van der Waals surface area contributed by atoms with Crippen LogP contribution < -0.4 is 15.4 Å². The van der Waals surface area contributed by atoms with Crippen LogP contribution in [0, 0.1) is 0 Å². The molecule has 0 radical (unpaired) electrons. The zero-order valence-electron chi connectivity index (χ0n) is 12.2. The molecule has 1 aromatic rings. The van der Waals surface area contributed by atoms with E-state index in [1.54, 1.807) is 6.92 Å². The first-order valence-corrected chi connectivity index (χ1v) is 6.79. The van der Waals surface area contributed by atoms with Crippen LogP contribution in [0.5, 0.6) is 5.75 Å². The Balaban J connectivity index is 2.58. The fraction of sp³-hybridized carbons (Fsp3) is 0.533. The molecule has 1 rings (SSSR count). The van der Waals surface area contributed by atoms with Gasteiger partial charge in [-0.15, -0.1) is 0 Å². The highest BCUT2D eigenvalue weighted by atomic mass is 16.5. The largest absolute Gasteiger partial charge is 0.481 e. The second-order valence-corrected chi connectivity index (χ2v) is 4.84. The van der Waals surface area contributed by atoms with E-state index in [0.29, 0.717) is 12.6 Å². The van der Waals surface area contributed by atoms with Gasteiger partial charge in [-0.25, -0.2) is 0 Å². The highest BCUT2D eigenvalue weighted by Crippen LogP contribution is 2.15. The number of carbonyl (C=O) groups is 1. The molecule has 106 valence electrons. The number of rotatable bonds is 7. The summed E-state index contributed by atoms with van der Waals surface area (Å²) in [6.45, 7) is 9.27. The highest BCUT2D eigenvalue weighted by Gasteiger charge is 2.13. The third kappa shape index (κ3) is 5.75. The number of ether oxygens (including phenoxy) is 1. The Hall–Kier alpha value is -1.55. The second-order valence-electron chi connectivity index (χ2n) is 4.84. The summed E-state index contributed by atoms with van der Waals surface area (Å²) in [5.41, 5.74) is 1.15. The van der Waals surface area contributed by atoms with E-state index in [9.17, 15) is 4.79 Å². The second kappa shape index (κ2) is 7.79. The molecule has 0 bridgehead atoms. The molecule has 0 fully saturated rings. The molecule has 0 aliphatic rings. The van der Waals surface area contributed by atoms with Gasteiger partial charge in [-0.05, 0) is 31.5 Å². The fourth-order valence-electron chi connectivity index (χ4n) is 1.63. The average molecular weight is 264 g/mol. The molecule has 1 atom stereocenters. The molecular weight excluding hydrogens is 240 g/mol. The molecule has 0 aromatic heterocycles. The number of likely N-dealkylation sites (N-methyl/N-ethyl adjacent to an activating group) is 1. The van der Waals surface area contributed by atoms with Crippen molar-refractivity contribution in [3.63, 3.8) is 0 Å². The maximum atomic E-state index is 11.6. The van der Waals surface area contributed by atoms with Crippen molar-refractivity contribution >= 4 is 5.91 Å². The van der Waals surface area contributed by atoms with Gasteiger partial charge in [0.2, 0.25) is 0 Å². The van der Waals surface area contributed by atoms with E-state index >= 15 is 0 Å². The summed E-state index contributed by atoms with van der Waals surface area (Å²) >= 11 is 0. The first-order chi connectivity index (χ1) is 9.02. The lowest BCUT2D eigenvalue weighted by molar-refractivity contribution is -0.127. The number of hydrogen-bond acceptors (Lipinski definition) is 3. The van der Waals surface area contributed by atoms with Gasteiger partial charge < -0.3 is 15.4 Å². The van der Waals surface area contributed by atoms with Gasteiger partial charge in [-0.1, -0.05) is 26.0 Å². The number of nitrogens with one attached hydrogen (secondary N) is 2. The van der Waals surface area contributed by atoms with Crippen LogP contribution in [0.25, 0.3) is 0 Å². The minimum absolute atomic E-state index is 0.0896. The van der Waals surface area contributed by atoms with E-state index in [1.165, 1.54) is 0 Å². The molecule has 0 aliphatic heterocycles. The van der Waals surface area contributed by atoms with Crippen LogP contribution >= 0.6 is 0 Å². The predicted octanol–water partition coefficient (Wildman–Crippen LogP) is 2.09. The maximum Gasteiger partial charge on any atom is 0.260 e. The lowest BCUT2D eigenvalue weighted by Gasteiger charge is -2.15. The number of benzene rings is 1. The van der Waals surface area contributed by atoms with E-state index in [0.717, 1.165) is 17.9 Å². The molecule has 2 N–H and O–H groups in total. The number of carbonyl (C=O) groups excluding carboxylic acids is 1. The average Bonchev–Trinajstić information content (AvgIpc) is 2.37. The summed E-state index contributed by atoms with van der Waals surface area (Å²) in [7, 11) is 0. The van der Waals surface area contributed by atoms with Crippen LogP contribution in [0.4, 0.5) is 0 Å². The molecule has 4 nitrogen and oxygen atoms in total. The normalized spacial score (nSPS) is 12.3. The van der Waals surface area contributed by atoms with Crippen molar-refractivity contribution in [1.29, 1.82) is 0 Å². The molecule has 1 unspecified atom stereocenters. The van der Waals surface area contributed by atoms with E-state index in [4.69, 9.17) is 4.74 Å². The number of hydrogen-bond donors (Lipinski definition) is 2. The predicted molar refractivity (Wildman–Crippen MR) is 77.2 cm³/mol. The van der Waals surface area contributed by atoms with E-state index in [1.807, 2.05) is 31.2 Å². The van der Waals surface area contributed by atoms with E-state index < -0.39 is 6.10 Å². The lowest BCUT2D eigenvalue weighted by atomic mass is 10.2. The monoisotopic (exact) mass is 264 g/mol. The van der Waals surface area contributed by atoms with Crippen molar-refractivity contribution in [1.82, 2.24) is 10.6 Å². The van der Waals surface area contributed by atoms with Gasteiger partial charge in [-0.2, -0.15) is 0 Å². The third-order valence-corrected chi connectivity index (χ3v) is 2.65. The molecule has 1 aromatic carbocycles. The Morgan fingerprint density at radius 3 is 2.68 bits per heavy atom. The molecule has 0 heterocycles. The summed E-state index contributed by atoms with van der Waals surface area (Å²) in [4.78, 5) is 11.6. The van der Waals surface area contributed by atoms with E-state index in [-0.39, 0.29) is 5.91 Å². The van der Waals surface area contributed by atoms with Gasteiger partial charge in [0.25, 0.3) is 5.91 Å². The Morgan fingerprint density at radius 1 is 1.32 bits per heavy atom. The minimum Gasteiger partial charge on any atom is -0.481 e. The Bertz CT molecular complexity index is 405. The third-order valence-electron chi connectivity index (χ3n) is 2.65. The van der Waals surface area contributed by atoms with Gasteiger partial charge in [-0.3, -0.25) is 4.79 Å². The molecule has 4 heteroatoms. The Morgan fingerprint density at radius 2 is 2.05 bits per heavy atom. The van der Waals surface area contributed by atoms with Gasteiger partial charge in [0.1, 0.15) is 5.75 Å². The summed E-state index contributed by atoms with van der Waals surface area (Å²) < 4.78 is 5.64. The Labute approximate surface area is 115 Å². The van der Waals surface area contributed by atoms with Gasteiger partial charge in [0.05, 0.1) is 0 Å². The fourth-order valence-corrected chi connectivity index (χ4v) is 1.63. The van der Waals surface area contributed by atoms with Crippen LogP contribution in [0.1, 0.15) is 33.3 Å². The minimum atomic E-state index is -0.478. The molecule has 0 aliphatic carbocycles. The molecule has 19 heavy (non-hydrogen) atoms. The topological polar surface area (TPSA) is 50.4 Å². The van der Waals surface area contributed by atoms with Gasteiger partial charge >= 0.3 is 0 Å². The van der Waals surface area contributed by atoms with Crippen LogP contribution in [0.15, 0.2) is 24.3 Å². The van der Waals surface area contributed by atoms with Gasteiger partial charge in [0.15, 0.2) is 6.10 Å². The van der Waals surface area contributed by atoms with Crippen molar-refractivity contribution in [2.45, 2.75) is 46.4 Å². The van der Waals surface area contributed by atoms with Crippen LogP contribution in [-0.4, -0.2) is 24.6 Å². The first-order valence-electron chi connectivity index (χ1n) is 6.79. The number of amides is 1. The molecular formula is C15H24N2O2. The standard InChI is InChI=1S/C15H24N2O2/c1-5-16-15(18)12(4)19-14-8-6-7-13(9-14)10-17-11(2)3/h6-9,11-12,17H,5,10H2,1-4H3,(H,16,18). The zero-order chi connectivity index (χ0) is 14.3. The molecule has 1 amide bonds. The van der Waals surface area contributed by atoms with Crippen molar-refractivity contribution in [2.75, 3.05) is 6.54 Å². The summed E-state index contributed by atoms with van der Waals surface area (Å²) in [5.74, 6) is 0.634. The lowest BCUT2D eigenvalue weighted by Crippen LogP contribution is -2.36.